The molecule has 2 rings (SSSR count). The standard InChI is InChI=1S/C15H19Cl2N5O/c1-4-12-19-14(15(23)21(3)9(2)8-18)20-22(12)13-10(16)6-5-7-11(13)17/h5-7,9H,4,8,18H2,1-3H3. The summed E-state index contributed by atoms with van der Waals surface area (Å²) in [6, 6.07) is 5.07. The lowest BCUT2D eigenvalue weighted by Gasteiger charge is -2.21. The van der Waals surface area contributed by atoms with Gasteiger partial charge >= 0.3 is 0 Å². The van der Waals surface area contributed by atoms with Gasteiger partial charge in [0.25, 0.3) is 5.91 Å². The highest BCUT2D eigenvalue weighted by atomic mass is 35.5. The van der Waals surface area contributed by atoms with Crippen molar-refractivity contribution in [3.8, 4) is 5.69 Å². The third kappa shape index (κ3) is 3.49. The summed E-state index contributed by atoms with van der Waals surface area (Å²) in [6.07, 6.45) is 0.581. The third-order valence-electron chi connectivity index (χ3n) is 3.65. The Morgan fingerprint density at radius 1 is 1.39 bits per heavy atom. The zero-order valence-corrected chi connectivity index (χ0v) is 14.8. The van der Waals surface area contributed by atoms with Gasteiger partial charge in [0, 0.05) is 26.1 Å². The van der Waals surface area contributed by atoms with E-state index in [-0.39, 0.29) is 17.8 Å². The predicted octanol–water partition coefficient (Wildman–Crippen LogP) is 2.56. The van der Waals surface area contributed by atoms with Gasteiger partial charge in [-0.1, -0.05) is 36.2 Å². The van der Waals surface area contributed by atoms with Gasteiger partial charge in [0.15, 0.2) is 0 Å². The number of hydrogen-bond acceptors (Lipinski definition) is 4. The Kier molecular flexibility index (Phi) is 5.62. The number of aryl methyl sites for hydroxylation is 1. The minimum Gasteiger partial charge on any atom is -0.335 e. The fourth-order valence-electron chi connectivity index (χ4n) is 2.05. The first-order chi connectivity index (χ1) is 10.9. The van der Waals surface area contributed by atoms with Crippen molar-refractivity contribution in [2.45, 2.75) is 26.3 Å². The SMILES string of the molecule is CCc1nc(C(=O)N(C)C(C)CN)nn1-c1c(Cl)cccc1Cl. The van der Waals surface area contributed by atoms with Gasteiger partial charge in [-0.15, -0.1) is 5.10 Å². The van der Waals surface area contributed by atoms with E-state index in [1.54, 1.807) is 25.2 Å². The van der Waals surface area contributed by atoms with E-state index < -0.39 is 0 Å². The number of nitrogens with two attached hydrogens (primary N) is 1. The summed E-state index contributed by atoms with van der Waals surface area (Å²) in [4.78, 5) is 18.3. The van der Waals surface area contributed by atoms with Crippen molar-refractivity contribution < 1.29 is 4.79 Å². The van der Waals surface area contributed by atoms with E-state index in [9.17, 15) is 4.79 Å². The second-order valence-electron chi connectivity index (χ2n) is 5.19. The first kappa shape index (κ1) is 17.7. The van der Waals surface area contributed by atoms with Crippen LogP contribution in [0.1, 0.15) is 30.3 Å². The van der Waals surface area contributed by atoms with Crippen LogP contribution in [-0.4, -0.2) is 45.2 Å². The topological polar surface area (TPSA) is 77.0 Å². The van der Waals surface area contributed by atoms with Gasteiger partial charge in [-0.05, 0) is 19.1 Å². The number of para-hydroxylation sites is 1. The molecule has 0 aliphatic rings. The summed E-state index contributed by atoms with van der Waals surface area (Å²) >= 11 is 12.5. The second-order valence-corrected chi connectivity index (χ2v) is 6.00. The minimum atomic E-state index is -0.292. The molecule has 1 aromatic carbocycles. The average Bonchev–Trinajstić information content (AvgIpc) is 2.96. The van der Waals surface area contributed by atoms with Crippen LogP contribution < -0.4 is 5.73 Å². The fraction of sp³-hybridized carbons (Fsp3) is 0.400. The van der Waals surface area contributed by atoms with Gasteiger partial charge in [0.1, 0.15) is 11.5 Å². The Bertz CT molecular complexity index is 696. The molecule has 0 fully saturated rings. The van der Waals surface area contributed by atoms with Gasteiger partial charge < -0.3 is 10.6 Å². The fourth-order valence-corrected chi connectivity index (χ4v) is 2.61. The molecule has 0 aliphatic carbocycles. The maximum atomic E-state index is 12.5. The number of amides is 1. The normalized spacial score (nSPS) is 12.3. The van der Waals surface area contributed by atoms with Crippen LogP contribution in [0.3, 0.4) is 0 Å². The third-order valence-corrected chi connectivity index (χ3v) is 4.26. The van der Waals surface area contributed by atoms with Crippen LogP contribution >= 0.6 is 23.2 Å². The number of halogens is 2. The zero-order valence-electron chi connectivity index (χ0n) is 13.3. The highest BCUT2D eigenvalue weighted by Gasteiger charge is 2.24. The molecule has 2 aromatic rings. The Labute approximate surface area is 145 Å². The van der Waals surface area contributed by atoms with Crippen LogP contribution in [0.15, 0.2) is 18.2 Å². The summed E-state index contributed by atoms with van der Waals surface area (Å²) in [6.45, 7) is 4.15. The van der Waals surface area contributed by atoms with E-state index in [4.69, 9.17) is 28.9 Å². The van der Waals surface area contributed by atoms with E-state index >= 15 is 0 Å². The lowest BCUT2D eigenvalue weighted by atomic mass is 10.3. The zero-order chi connectivity index (χ0) is 17.1. The maximum absolute atomic E-state index is 12.5. The molecule has 1 unspecified atom stereocenters. The van der Waals surface area contributed by atoms with E-state index in [2.05, 4.69) is 10.1 Å². The highest BCUT2D eigenvalue weighted by Crippen LogP contribution is 2.28. The van der Waals surface area contributed by atoms with Crippen molar-refractivity contribution in [2.24, 2.45) is 5.73 Å². The largest absolute Gasteiger partial charge is 0.335 e. The molecule has 1 atom stereocenters. The molecule has 2 N–H and O–H groups in total. The average molecular weight is 356 g/mol. The molecular formula is C15H19Cl2N5O. The first-order valence-electron chi connectivity index (χ1n) is 7.28. The molecule has 0 bridgehead atoms. The molecule has 0 saturated heterocycles. The molecule has 1 heterocycles. The molecule has 0 saturated carbocycles. The second kappa shape index (κ2) is 7.29. The maximum Gasteiger partial charge on any atom is 0.293 e. The van der Waals surface area contributed by atoms with Crippen molar-refractivity contribution in [3.05, 3.63) is 39.9 Å². The summed E-state index contributed by atoms with van der Waals surface area (Å²) in [5.74, 6) is 0.414. The van der Waals surface area contributed by atoms with Crippen LogP contribution in [0.5, 0.6) is 0 Å². The Balaban J connectivity index is 2.48. The summed E-state index contributed by atoms with van der Waals surface area (Å²) in [5, 5.41) is 5.20. The number of likely N-dealkylation sites (N-methyl/N-ethyl adjacent to an activating group) is 1. The number of benzene rings is 1. The van der Waals surface area contributed by atoms with Gasteiger partial charge in [-0.3, -0.25) is 4.79 Å². The van der Waals surface area contributed by atoms with Crippen molar-refractivity contribution in [2.75, 3.05) is 13.6 Å². The van der Waals surface area contributed by atoms with Gasteiger partial charge in [-0.25, -0.2) is 9.67 Å². The number of rotatable bonds is 5. The molecule has 0 spiro atoms. The van der Waals surface area contributed by atoms with Gasteiger partial charge in [-0.2, -0.15) is 0 Å². The van der Waals surface area contributed by atoms with Gasteiger partial charge in [0.05, 0.1) is 10.0 Å². The van der Waals surface area contributed by atoms with E-state index in [1.807, 2.05) is 13.8 Å². The quantitative estimate of drug-likeness (QED) is 0.893. The molecule has 1 amide bonds. The monoisotopic (exact) mass is 355 g/mol. The molecule has 23 heavy (non-hydrogen) atoms. The lowest BCUT2D eigenvalue weighted by Crippen LogP contribution is -2.40. The summed E-state index contributed by atoms with van der Waals surface area (Å²) < 4.78 is 1.53. The minimum absolute atomic E-state index is 0.0978. The summed E-state index contributed by atoms with van der Waals surface area (Å²) in [7, 11) is 1.68. The molecule has 0 radical (unpaired) electrons. The first-order valence-corrected chi connectivity index (χ1v) is 8.03. The van der Waals surface area contributed by atoms with Crippen molar-refractivity contribution >= 4 is 29.1 Å². The van der Waals surface area contributed by atoms with Crippen LogP contribution in [-0.2, 0) is 6.42 Å². The summed E-state index contributed by atoms with van der Waals surface area (Å²) in [5.41, 5.74) is 6.13. The molecular weight excluding hydrogens is 337 g/mol. The number of nitrogens with zero attached hydrogens (tertiary/aromatic N) is 4. The van der Waals surface area contributed by atoms with Crippen molar-refractivity contribution in [1.29, 1.82) is 0 Å². The Morgan fingerprint density at radius 3 is 2.52 bits per heavy atom. The Hall–Kier alpha value is -1.63. The van der Waals surface area contributed by atoms with E-state index in [0.717, 1.165) is 0 Å². The van der Waals surface area contributed by atoms with Crippen molar-refractivity contribution in [3.63, 3.8) is 0 Å². The lowest BCUT2D eigenvalue weighted by molar-refractivity contribution is 0.0736. The predicted molar refractivity (Wildman–Crippen MR) is 91.4 cm³/mol. The number of hydrogen-bond donors (Lipinski definition) is 1. The van der Waals surface area contributed by atoms with Crippen LogP contribution in [0.2, 0.25) is 10.0 Å². The number of carbonyl (C=O) groups is 1. The molecule has 1 aromatic heterocycles. The number of carbonyl (C=O) groups excluding carboxylic acids is 1. The van der Waals surface area contributed by atoms with Crippen molar-refractivity contribution in [1.82, 2.24) is 19.7 Å². The molecule has 8 heteroatoms. The van der Waals surface area contributed by atoms with Gasteiger partial charge in [0.2, 0.25) is 5.82 Å². The Morgan fingerprint density at radius 2 is 2.00 bits per heavy atom. The van der Waals surface area contributed by atoms with E-state index in [0.29, 0.717) is 34.5 Å². The molecule has 6 nitrogen and oxygen atoms in total. The highest BCUT2D eigenvalue weighted by molar-refractivity contribution is 6.37. The van der Waals surface area contributed by atoms with Crippen LogP contribution in [0, 0.1) is 0 Å². The number of aromatic nitrogens is 3. The van der Waals surface area contributed by atoms with Crippen LogP contribution in [0.25, 0.3) is 5.69 Å². The molecule has 124 valence electrons. The molecule has 0 aliphatic heterocycles. The van der Waals surface area contributed by atoms with Crippen LogP contribution in [0.4, 0.5) is 0 Å². The smallest absolute Gasteiger partial charge is 0.293 e. The van der Waals surface area contributed by atoms with E-state index in [1.165, 1.54) is 9.58 Å².